The number of rotatable bonds is 6. The van der Waals surface area contributed by atoms with Gasteiger partial charge in [0.25, 0.3) is 0 Å². The first-order chi connectivity index (χ1) is 10.2. The summed E-state index contributed by atoms with van der Waals surface area (Å²) in [5.41, 5.74) is 6.95. The normalized spacial score (nSPS) is 12.4. The van der Waals surface area contributed by atoms with Crippen LogP contribution in [-0.2, 0) is 6.42 Å². The van der Waals surface area contributed by atoms with Crippen LogP contribution in [0.25, 0.3) is 0 Å². The Morgan fingerprint density at radius 1 is 0.952 bits per heavy atom. The zero-order valence-corrected chi connectivity index (χ0v) is 13.7. The van der Waals surface area contributed by atoms with Crippen LogP contribution in [0.5, 0.6) is 0 Å². The Kier molecular flexibility index (Phi) is 5.58. The monoisotopic (exact) mass is 281 g/mol. The molecular weight excluding hydrogens is 254 g/mol. The standard InChI is InChI=1S/C20H27N/c1-5-13-21-20(18-12-11-15(3)14-16(18)4)19-10-8-7-9-17(19)6-2/h7-12,14,20-21H,5-6,13H2,1-4H3. The first kappa shape index (κ1) is 15.8. The molecule has 112 valence electrons. The molecule has 21 heavy (non-hydrogen) atoms. The molecule has 0 aliphatic heterocycles. The molecule has 0 radical (unpaired) electrons. The van der Waals surface area contributed by atoms with E-state index in [-0.39, 0.29) is 0 Å². The van der Waals surface area contributed by atoms with Gasteiger partial charge < -0.3 is 5.32 Å². The van der Waals surface area contributed by atoms with Crippen LogP contribution in [0.3, 0.4) is 0 Å². The molecule has 0 bridgehead atoms. The lowest BCUT2D eigenvalue weighted by Gasteiger charge is -2.24. The van der Waals surface area contributed by atoms with Crippen LogP contribution in [0.15, 0.2) is 42.5 Å². The Bertz CT molecular complexity index is 586. The third-order valence-corrected chi connectivity index (χ3v) is 4.08. The van der Waals surface area contributed by atoms with Crippen molar-refractivity contribution in [2.24, 2.45) is 0 Å². The summed E-state index contributed by atoms with van der Waals surface area (Å²) in [6.07, 6.45) is 2.22. The van der Waals surface area contributed by atoms with Gasteiger partial charge in [0.05, 0.1) is 6.04 Å². The van der Waals surface area contributed by atoms with Crippen LogP contribution in [0.1, 0.15) is 54.1 Å². The first-order valence-corrected chi connectivity index (χ1v) is 8.05. The van der Waals surface area contributed by atoms with Crippen LogP contribution in [0.4, 0.5) is 0 Å². The highest BCUT2D eigenvalue weighted by Crippen LogP contribution is 2.28. The molecule has 2 aromatic rings. The summed E-state index contributed by atoms with van der Waals surface area (Å²) < 4.78 is 0. The molecule has 0 fully saturated rings. The van der Waals surface area contributed by atoms with Crippen LogP contribution in [-0.4, -0.2) is 6.54 Å². The zero-order chi connectivity index (χ0) is 15.2. The van der Waals surface area contributed by atoms with Crippen molar-refractivity contribution in [3.8, 4) is 0 Å². The first-order valence-electron chi connectivity index (χ1n) is 8.05. The lowest BCUT2D eigenvalue weighted by Crippen LogP contribution is -2.25. The SMILES string of the molecule is CCCNC(c1ccc(C)cc1C)c1ccccc1CC. The van der Waals surface area contributed by atoms with E-state index in [1.54, 1.807) is 0 Å². The molecule has 0 aliphatic rings. The Labute approximate surface area is 129 Å². The van der Waals surface area contributed by atoms with E-state index in [9.17, 15) is 0 Å². The summed E-state index contributed by atoms with van der Waals surface area (Å²) in [7, 11) is 0. The summed E-state index contributed by atoms with van der Waals surface area (Å²) in [6, 6.07) is 15.9. The summed E-state index contributed by atoms with van der Waals surface area (Å²) in [6.45, 7) is 9.87. The Morgan fingerprint density at radius 3 is 2.38 bits per heavy atom. The van der Waals surface area contributed by atoms with E-state index in [0.717, 1.165) is 19.4 Å². The van der Waals surface area contributed by atoms with Crippen LogP contribution in [0, 0.1) is 13.8 Å². The van der Waals surface area contributed by atoms with E-state index in [1.165, 1.54) is 27.8 Å². The molecule has 0 heterocycles. The molecule has 0 spiro atoms. The van der Waals surface area contributed by atoms with E-state index in [4.69, 9.17) is 0 Å². The van der Waals surface area contributed by atoms with E-state index in [0.29, 0.717) is 6.04 Å². The highest BCUT2D eigenvalue weighted by atomic mass is 14.9. The van der Waals surface area contributed by atoms with Gasteiger partial charge >= 0.3 is 0 Å². The minimum Gasteiger partial charge on any atom is -0.306 e. The van der Waals surface area contributed by atoms with Gasteiger partial charge in [-0.25, -0.2) is 0 Å². The van der Waals surface area contributed by atoms with E-state index < -0.39 is 0 Å². The fourth-order valence-corrected chi connectivity index (χ4v) is 2.96. The maximum absolute atomic E-state index is 3.74. The molecule has 0 saturated carbocycles. The molecule has 1 unspecified atom stereocenters. The number of benzene rings is 2. The second-order valence-corrected chi connectivity index (χ2v) is 5.80. The third-order valence-electron chi connectivity index (χ3n) is 4.08. The fourth-order valence-electron chi connectivity index (χ4n) is 2.96. The maximum atomic E-state index is 3.74. The van der Waals surface area contributed by atoms with Gasteiger partial charge in [-0.15, -0.1) is 0 Å². The highest BCUT2D eigenvalue weighted by Gasteiger charge is 2.17. The smallest absolute Gasteiger partial charge is 0.0582 e. The minimum atomic E-state index is 0.293. The molecular formula is C20H27N. The van der Waals surface area contributed by atoms with Crippen molar-refractivity contribution in [3.05, 3.63) is 70.3 Å². The molecule has 1 heteroatoms. The van der Waals surface area contributed by atoms with Crippen molar-refractivity contribution in [1.29, 1.82) is 0 Å². The maximum Gasteiger partial charge on any atom is 0.0582 e. The Morgan fingerprint density at radius 2 is 1.71 bits per heavy atom. The molecule has 0 amide bonds. The Hall–Kier alpha value is -1.60. The predicted octanol–water partition coefficient (Wildman–Crippen LogP) is 4.95. The fraction of sp³-hybridized carbons (Fsp3) is 0.400. The van der Waals surface area contributed by atoms with Crippen molar-refractivity contribution < 1.29 is 0 Å². The van der Waals surface area contributed by atoms with Gasteiger partial charge in [0.1, 0.15) is 0 Å². The second kappa shape index (κ2) is 7.42. The van der Waals surface area contributed by atoms with Gasteiger partial charge in [0.2, 0.25) is 0 Å². The van der Waals surface area contributed by atoms with E-state index in [2.05, 4.69) is 75.5 Å². The van der Waals surface area contributed by atoms with Crippen molar-refractivity contribution >= 4 is 0 Å². The van der Waals surface area contributed by atoms with Crippen LogP contribution < -0.4 is 5.32 Å². The van der Waals surface area contributed by atoms with E-state index >= 15 is 0 Å². The number of nitrogens with one attached hydrogen (secondary N) is 1. The molecule has 1 N–H and O–H groups in total. The molecule has 0 saturated heterocycles. The van der Waals surface area contributed by atoms with Gasteiger partial charge in [-0.2, -0.15) is 0 Å². The summed E-state index contributed by atoms with van der Waals surface area (Å²) in [5.74, 6) is 0. The summed E-state index contributed by atoms with van der Waals surface area (Å²) in [5, 5.41) is 3.74. The van der Waals surface area contributed by atoms with Crippen molar-refractivity contribution in [2.45, 2.75) is 46.6 Å². The topological polar surface area (TPSA) is 12.0 Å². The number of hydrogen-bond donors (Lipinski definition) is 1. The molecule has 1 nitrogen and oxygen atoms in total. The quantitative estimate of drug-likeness (QED) is 0.789. The van der Waals surface area contributed by atoms with Crippen LogP contribution >= 0.6 is 0 Å². The molecule has 0 aliphatic carbocycles. The second-order valence-electron chi connectivity index (χ2n) is 5.80. The summed E-state index contributed by atoms with van der Waals surface area (Å²) >= 11 is 0. The highest BCUT2D eigenvalue weighted by molar-refractivity contribution is 5.42. The number of aryl methyl sites for hydroxylation is 3. The van der Waals surface area contributed by atoms with Crippen molar-refractivity contribution in [2.75, 3.05) is 6.54 Å². The lowest BCUT2D eigenvalue weighted by molar-refractivity contribution is 0.592. The molecule has 2 rings (SSSR count). The van der Waals surface area contributed by atoms with E-state index in [1.807, 2.05) is 0 Å². The minimum absolute atomic E-state index is 0.293. The van der Waals surface area contributed by atoms with Gasteiger partial charge in [-0.05, 0) is 55.5 Å². The van der Waals surface area contributed by atoms with Gasteiger partial charge in [0.15, 0.2) is 0 Å². The van der Waals surface area contributed by atoms with Gasteiger partial charge in [-0.1, -0.05) is 61.9 Å². The third kappa shape index (κ3) is 3.74. The van der Waals surface area contributed by atoms with Crippen molar-refractivity contribution in [3.63, 3.8) is 0 Å². The van der Waals surface area contributed by atoms with Crippen molar-refractivity contribution in [1.82, 2.24) is 5.32 Å². The average Bonchev–Trinajstić information content (AvgIpc) is 2.49. The predicted molar refractivity (Wildman–Crippen MR) is 91.9 cm³/mol. The Balaban J connectivity index is 2.47. The van der Waals surface area contributed by atoms with Crippen LogP contribution in [0.2, 0.25) is 0 Å². The average molecular weight is 281 g/mol. The van der Waals surface area contributed by atoms with Gasteiger partial charge in [0, 0.05) is 0 Å². The largest absolute Gasteiger partial charge is 0.306 e. The summed E-state index contributed by atoms with van der Waals surface area (Å²) in [4.78, 5) is 0. The van der Waals surface area contributed by atoms with Gasteiger partial charge in [-0.3, -0.25) is 0 Å². The molecule has 2 aromatic carbocycles. The zero-order valence-electron chi connectivity index (χ0n) is 13.7. The lowest BCUT2D eigenvalue weighted by atomic mass is 9.90. The molecule has 1 atom stereocenters. The molecule has 0 aromatic heterocycles. The number of hydrogen-bond acceptors (Lipinski definition) is 1.